The first-order valence-electron chi connectivity index (χ1n) is 7.53. The van der Waals surface area contributed by atoms with Crippen LogP contribution in [0, 0.1) is 5.82 Å². The Morgan fingerprint density at radius 2 is 2.00 bits per heavy atom. The summed E-state index contributed by atoms with van der Waals surface area (Å²) in [6.07, 6.45) is 0. The van der Waals surface area contributed by atoms with Crippen LogP contribution >= 0.6 is 11.6 Å². The number of carbonyl (C=O) groups excluding carboxylic acids is 1. The van der Waals surface area contributed by atoms with Crippen LogP contribution < -0.4 is 14.8 Å². The molecule has 2 aromatic rings. The summed E-state index contributed by atoms with van der Waals surface area (Å²) in [6, 6.07) is 8.84. The van der Waals surface area contributed by atoms with Crippen molar-refractivity contribution in [1.82, 2.24) is 5.32 Å². The van der Waals surface area contributed by atoms with Crippen molar-refractivity contribution in [3.63, 3.8) is 0 Å². The van der Waals surface area contributed by atoms with Gasteiger partial charge in [0.15, 0.2) is 11.5 Å². The number of benzene rings is 2. The highest BCUT2D eigenvalue weighted by Crippen LogP contribution is 2.30. The first-order valence-corrected chi connectivity index (χ1v) is 7.90. The van der Waals surface area contributed by atoms with Crippen LogP contribution in [0.2, 0.25) is 5.02 Å². The van der Waals surface area contributed by atoms with E-state index < -0.39 is 5.82 Å². The molecule has 0 unspecified atom stereocenters. The van der Waals surface area contributed by atoms with Gasteiger partial charge in [0.05, 0.1) is 30.3 Å². The monoisotopic (exact) mass is 351 g/mol. The van der Waals surface area contributed by atoms with Gasteiger partial charge in [0.25, 0.3) is 5.91 Å². The standard InChI is InChI=1S/C18H19ClFNO3/c1-4-24-16-8-5-12(9-17(16)23-3)11(2)21-18(22)14-7-6-13(20)10-15(14)19/h5-11H,4H2,1-3H3,(H,21,22)/t11-/m1/s1. The molecule has 0 heterocycles. The van der Waals surface area contributed by atoms with E-state index in [9.17, 15) is 9.18 Å². The molecule has 128 valence electrons. The predicted octanol–water partition coefficient (Wildman–Crippen LogP) is 4.38. The minimum absolute atomic E-state index is 0.0731. The molecule has 4 nitrogen and oxygen atoms in total. The number of hydrogen-bond donors (Lipinski definition) is 1. The summed E-state index contributed by atoms with van der Waals surface area (Å²) in [5.74, 6) is 0.375. The maximum absolute atomic E-state index is 13.1. The third-order valence-corrected chi connectivity index (χ3v) is 3.82. The highest BCUT2D eigenvalue weighted by molar-refractivity contribution is 6.33. The van der Waals surface area contributed by atoms with Crippen LogP contribution in [0.15, 0.2) is 36.4 Å². The number of carbonyl (C=O) groups is 1. The molecule has 0 radical (unpaired) electrons. The minimum atomic E-state index is -0.485. The third kappa shape index (κ3) is 4.17. The number of amides is 1. The van der Waals surface area contributed by atoms with E-state index in [1.807, 2.05) is 26.0 Å². The summed E-state index contributed by atoms with van der Waals surface area (Å²) in [4.78, 5) is 12.3. The average molecular weight is 352 g/mol. The fraction of sp³-hybridized carbons (Fsp3) is 0.278. The lowest BCUT2D eigenvalue weighted by molar-refractivity contribution is 0.0940. The number of ether oxygens (including phenoxy) is 2. The first kappa shape index (κ1) is 18.1. The van der Waals surface area contributed by atoms with E-state index in [1.54, 1.807) is 13.2 Å². The highest BCUT2D eigenvalue weighted by Gasteiger charge is 2.16. The molecule has 6 heteroatoms. The number of halogens is 2. The lowest BCUT2D eigenvalue weighted by Gasteiger charge is -2.17. The predicted molar refractivity (Wildman–Crippen MR) is 91.5 cm³/mol. The Hall–Kier alpha value is -2.27. The Bertz CT molecular complexity index is 736. The lowest BCUT2D eigenvalue weighted by atomic mass is 10.1. The Balaban J connectivity index is 2.16. The molecule has 1 amide bonds. The molecule has 0 bridgehead atoms. The SMILES string of the molecule is CCOc1ccc([C@@H](C)NC(=O)c2ccc(F)cc2Cl)cc1OC. The van der Waals surface area contributed by atoms with E-state index in [0.717, 1.165) is 11.6 Å². The largest absolute Gasteiger partial charge is 0.493 e. The summed E-state index contributed by atoms with van der Waals surface area (Å²) in [5.41, 5.74) is 1.07. The average Bonchev–Trinajstić information content (AvgIpc) is 2.55. The van der Waals surface area contributed by atoms with Gasteiger partial charge in [-0.15, -0.1) is 0 Å². The highest BCUT2D eigenvalue weighted by atomic mass is 35.5. The molecule has 0 spiro atoms. The van der Waals surface area contributed by atoms with E-state index in [4.69, 9.17) is 21.1 Å². The maximum Gasteiger partial charge on any atom is 0.253 e. The summed E-state index contributed by atoms with van der Waals surface area (Å²) in [5, 5.41) is 2.91. The molecule has 1 N–H and O–H groups in total. The van der Waals surface area contributed by atoms with Crippen molar-refractivity contribution >= 4 is 17.5 Å². The molecule has 24 heavy (non-hydrogen) atoms. The number of nitrogens with one attached hydrogen (secondary N) is 1. The van der Waals surface area contributed by atoms with Gasteiger partial charge in [0, 0.05) is 0 Å². The Kier molecular flexibility index (Phi) is 6.04. The molecule has 0 aliphatic carbocycles. The molecule has 1 atom stereocenters. The van der Waals surface area contributed by atoms with Crippen LogP contribution in [-0.4, -0.2) is 19.6 Å². The van der Waals surface area contributed by atoms with Gasteiger partial charge in [-0.2, -0.15) is 0 Å². The first-order chi connectivity index (χ1) is 11.5. The Labute approximate surface area is 145 Å². The third-order valence-electron chi connectivity index (χ3n) is 3.51. The van der Waals surface area contributed by atoms with Gasteiger partial charge in [0.1, 0.15) is 5.82 Å². The Morgan fingerprint density at radius 3 is 2.62 bits per heavy atom. The second-order valence-electron chi connectivity index (χ2n) is 5.16. The van der Waals surface area contributed by atoms with Crippen LogP contribution in [0.25, 0.3) is 0 Å². The van der Waals surface area contributed by atoms with Crippen molar-refractivity contribution in [2.45, 2.75) is 19.9 Å². The molecule has 0 aliphatic heterocycles. The Morgan fingerprint density at radius 1 is 1.25 bits per heavy atom. The topological polar surface area (TPSA) is 47.6 Å². The van der Waals surface area contributed by atoms with Crippen molar-refractivity contribution in [3.05, 3.63) is 58.4 Å². The molecule has 0 saturated heterocycles. The molecule has 0 aromatic heterocycles. The molecule has 0 aliphatic rings. The van der Waals surface area contributed by atoms with Crippen LogP contribution in [0.4, 0.5) is 4.39 Å². The van der Waals surface area contributed by atoms with E-state index in [2.05, 4.69) is 5.32 Å². The van der Waals surface area contributed by atoms with Gasteiger partial charge in [-0.3, -0.25) is 4.79 Å². The zero-order chi connectivity index (χ0) is 17.7. The van der Waals surface area contributed by atoms with Crippen molar-refractivity contribution in [3.8, 4) is 11.5 Å². The fourth-order valence-corrected chi connectivity index (χ4v) is 2.51. The lowest BCUT2D eigenvalue weighted by Crippen LogP contribution is -2.27. The van der Waals surface area contributed by atoms with E-state index in [0.29, 0.717) is 18.1 Å². The smallest absolute Gasteiger partial charge is 0.253 e. The molecular weight excluding hydrogens is 333 g/mol. The molecule has 0 fully saturated rings. The number of methoxy groups -OCH3 is 1. The molecular formula is C18H19ClFNO3. The summed E-state index contributed by atoms with van der Waals surface area (Å²) >= 11 is 5.92. The normalized spacial score (nSPS) is 11.7. The number of hydrogen-bond acceptors (Lipinski definition) is 3. The number of rotatable bonds is 6. The van der Waals surface area contributed by atoms with Gasteiger partial charge >= 0.3 is 0 Å². The zero-order valence-corrected chi connectivity index (χ0v) is 14.5. The zero-order valence-electron chi connectivity index (χ0n) is 13.7. The van der Waals surface area contributed by atoms with Crippen LogP contribution in [0.3, 0.4) is 0 Å². The summed E-state index contributed by atoms with van der Waals surface area (Å²) in [7, 11) is 1.56. The van der Waals surface area contributed by atoms with Gasteiger partial charge in [-0.05, 0) is 49.7 Å². The van der Waals surface area contributed by atoms with E-state index in [1.165, 1.54) is 12.1 Å². The van der Waals surface area contributed by atoms with Crippen LogP contribution in [0.5, 0.6) is 11.5 Å². The van der Waals surface area contributed by atoms with Crippen LogP contribution in [-0.2, 0) is 0 Å². The fourth-order valence-electron chi connectivity index (χ4n) is 2.26. The van der Waals surface area contributed by atoms with Crippen molar-refractivity contribution in [2.75, 3.05) is 13.7 Å². The van der Waals surface area contributed by atoms with Crippen molar-refractivity contribution < 1.29 is 18.7 Å². The van der Waals surface area contributed by atoms with Crippen molar-refractivity contribution in [1.29, 1.82) is 0 Å². The second kappa shape index (κ2) is 8.02. The minimum Gasteiger partial charge on any atom is -0.493 e. The van der Waals surface area contributed by atoms with Gasteiger partial charge in [0.2, 0.25) is 0 Å². The van der Waals surface area contributed by atoms with Gasteiger partial charge in [-0.1, -0.05) is 17.7 Å². The summed E-state index contributed by atoms with van der Waals surface area (Å²) in [6.45, 7) is 4.26. The van der Waals surface area contributed by atoms with Crippen LogP contribution in [0.1, 0.15) is 35.8 Å². The van der Waals surface area contributed by atoms with E-state index in [-0.39, 0.29) is 22.5 Å². The van der Waals surface area contributed by atoms with E-state index >= 15 is 0 Å². The summed E-state index contributed by atoms with van der Waals surface area (Å²) < 4.78 is 23.9. The molecule has 2 rings (SSSR count). The molecule has 0 saturated carbocycles. The van der Waals surface area contributed by atoms with Gasteiger partial charge in [-0.25, -0.2) is 4.39 Å². The van der Waals surface area contributed by atoms with Crippen molar-refractivity contribution in [2.24, 2.45) is 0 Å². The maximum atomic E-state index is 13.1. The second-order valence-corrected chi connectivity index (χ2v) is 5.57. The molecule has 2 aromatic carbocycles. The quantitative estimate of drug-likeness (QED) is 0.840. The van der Waals surface area contributed by atoms with Gasteiger partial charge < -0.3 is 14.8 Å².